The van der Waals surface area contributed by atoms with E-state index in [9.17, 15) is 19.7 Å². The number of methoxy groups -OCH3 is 1. The molecule has 0 radical (unpaired) electrons. The Morgan fingerprint density at radius 3 is 2.31 bits per heavy atom. The number of carbonyl (C=O) groups excluding carboxylic acids is 1. The number of ether oxygens (including phenoxy) is 1. The fourth-order valence-electron chi connectivity index (χ4n) is 3.67. The Hall–Kier alpha value is -5.43. The number of rotatable bonds is 8. The molecule has 39 heavy (non-hydrogen) atoms. The van der Waals surface area contributed by atoms with Crippen LogP contribution < -0.4 is 16.0 Å². The standard InChI is InChI=1S/C26H19N7O5S/c1-38-20-12-6-15(7-13-20)21-14-39-26(28-21)32-25(35)23(30-29-18-8-2-17(3-9-18)24(27)34)22(31-32)16-4-10-19(11-5-16)33(36)37/h2-14,31H,1H3,(H2,27,34). The number of nitro benzene ring substituents is 1. The molecule has 0 bridgehead atoms. The lowest BCUT2D eigenvalue weighted by Crippen LogP contribution is -2.13. The number of benzene rings is 3. The summed E-state index contributed by atoms with van der Waals surface area (Å²) in [5.74, 6) is 0.131. The van der Waals surface area contributed by atoms with Crippen LogP contribution in [0.4, 0.5) is 17.1 Å². The zero-order valence-electron chi connectivity index (χ0n) is 20.3. The van der Waals surface area contributed by atoms with Gasteiger partial charge in [-0.25, -0.2) is 4.98 Å². The highest BCUT2D eigenvalue weighted by atomic mass is 32.1. The van der Waals surface area contributed by atoms with Gasteiger partial charge in [0.2, 0.25) is 11.0 Å². The van der Waals surface area contributed by atoms with Crippen LogP contribution in [0.1, 0.15) is 10.4 Å². The number of nitrogens with two attached hydrogens (primary N) is 1. The van der Waals surface area contributed by atoms with Crippen LogP contribution in [0.3, 0.4) is 0 Å². The fraction of sp³-hybridized carbons (Fsp3) is 0.0385. The van der Waals surface area contributed by atoms with Gasteiger partial charge in [-0.15, -0.1) is 16.5 Å². The molecule has 13 heteroatoms. The molecule has 0 aliphatic heterocycles. The molecule has 1 amide bonds. The van der Waals surface area contributed by atoms with Gasteiger partial charge in [-0.1, -0.05) is 0 Å². The van der Waals surface area contributed by atoms with Gasteiger partial charge in [0.1, 0.15) is 5.75 Å². The summed E-state index contributed by atoms with van der Waals surface area (Å²) in [6, 6.07) is 19.1. The second-order valence-corrected chi connectivity index (χ2v) is 8.97. The highest BCUT2D eigenvalue weighted by Crippen LogP contribution is 2.31. The van der Waals surface area contributed by atoms with E-state index in [-0.39, 0.29) is 11.4 Å². The highest BCUT2D eigenvalue weighted by molar-refractivity contribution is 7.12. The minimum atomic E-state index is -0.579. The van der Waals surface area contributed by atoms with Crippen LogP contribution in [0.25, 0.3) is 27.6 Å². The lowest BCUT2D eigenvalue weighted by molar-refractivity contribution is -0.384. The van der Waals surface area contributed by atoms with Gasteiger partial charge in [0.25, 0.3) is 5.69 Å². The van der Waals surface area contributed by atoms with E-state index in [4.69, 9.17) is 10.5 Å². The molecule has 12 nitrogen and oxygen atoms in total. The van der Waals surface area contributed by atoms with E-state index in [0.717, 1.165) is 5.56 Å². The first-order valence-electron chi connectivity index (χ1n) is 11.4. The molecule has 2 heterocycles. The summed E-state index contributed by atoms with van der Waals surface area (Å²) in [4.78, 5) is 40.0. The summed E-state index contributed by atoms with van der Waals surface area (Å²) >= 11 is 1.25. The quantitative estimate of drug-likeness (QED) is 0.151. The second-order valence-electron chi connectivity index (χ2n) is 8.13. The number of hydrogen-bond acceptors (Lipinski definition) is 9. The maximum atomic E-state index is 13.5. The molecule has 2 aromatic heterocycles. The number of aromatic nitrogens is 3. The summed E-state index contributed by atoms with van der Waals surface area (Å²) in [6.07, 6.45) is 0. The van der Waals surface area contributed by atoms with Gasteiger partial charge in [0.05, 0.1) is 29.1 Å². The van der Waals surface area contributed by atoms with Crippen molar-refractivity contribution in [2.24, 2.45) is 16.0 Å². The predicted molar refractivity (Wildman–Crippen MR) is 145 cm³/mol. The summed E-state index contributed by atoms with van der Waals surface area (Å²) in [6.45, 7) is 0. The fourth-order valence-corrected chi connectivity index (χ4v) is 4.46. The van der Waals surface area contributed by atoms with Gasteiger partial charge < -0.3 is 10.5 Å². The number of nitro groups is 1. The number of H-pyrrole nitrogens is 1. The van der Waals surface area contributed by atoms with E-state index in [1.165, 1.54) is 52.4 Å². The topological polar surface area (TPSA) is 171 Å². The lowest BCUT2D eigenvalue weighted by atomic mass is 10.1. The third-order valence-corrected chi connectivity index (χ3v) is 6.55. The van der Waals surface area contributed by atoms with Crippen LogP contribution in [0.15, 0.2) is 93.2 Å². The predicted octanol–water partition coefficient (Wildman–Crippen LogP) is 5.39. The van der Waals surface area contributed by atoms with Gasteiger partial charge in [0.15, 0.2) is 5.69 Å². The third kappa shape index (κ3) is 5.19. The molecule has 3 aromatic carbocycles. The van der Waals surface area contributed by atoms with Gasteiger partial charge in [-0.3, -0.25) is 24.8 Å². The molecule has 0 aliphatic rings. The molecule has 0 aliphatic carbocycles. The maximum Gasteiger partial charge on any atom is 0.301 e. The number of nitrogens with zero attached hydrogens (tertiary/aromatic N) is 5. The van der Waals surface area contributed by atoms with E-state index in [1.807, 2.05) is 29.6 Å². The van der Waals surface area contributed by atoms with Crippen molar-refractivity contribution in [3.05, 3.63) is 104 Å². The molecule has 0 atom stereocenters. The number of aromatic amines is 1. The van der Waals surface area contributed by atoms with Gasteiger partial charge >= 0.3 is 5.56 Å². The summed E-state index contributed by atoms with van der Waals surface area (Å²) in [7, 11) is 1.58. The number of non-ortho nitro benzene ring substituents is 1. The van der Waals surface area contributed by atoms with Crippen molar-refractivity contribution in [1.82, 2.24) is 14.8 Å². The molecule has 3 N–H and O–H groups in total. The van der Waals surface area contributed by atoms with E-state index in [1.54, 1.807) is 19.2 Å². The smallest absolute Gasteiger partial charge is 0.301 e. The van der Waals surface area contributed by atoms with Crippen LogP contribution in [-0.4, -0.2) is 32.7 Å². The van der Waals surface area contributed by atoms with Crippen molar-refractivity contribution in [3.8, 4) is 33.4 Å². The molecule has 5 aromatic rings. The number of primary amides is 1. The average Bonchev–Trinajstić information content (AvgIpc) is 3.57. The Balaban J connectivity index is 1.56. The number of amides is 1. The van der Waals surface area contributed by atoms with E-state index >= 15 is 0 Å². The van der Waals surface area contributed by atoms with Crippen LogP contribution in [0, 0.1) is 10.1 Å². The highest BCUT2D eigenvalue weighted by Gasteiger charge is 2.20. The van der Waals surface area contributed by atoms with Gasteiger partial charge in [-0.2, -0.15) is 9.80 Å². The first kappa shape index (κ1) is 25.2. The van der Waals surface area contributed by atoms with Crippen LogP contribution in [0.5, 0.6) is 5.75 Å². The second kappa shape index (κ2) is 10.5. The Morgan fingerprint density at radius 1 is 1.03 bits per heavy atom. The van der Waals surface area contributed by atoms with Gasteiger partial charge in [-0.05, 0) is 60.7 Å². The minimum Gasteiger partial charge on any atom is -0.497 e. The van der Waals surface area contributed by atoms with Crippen LogP contribution in [0.2, 0.25) is 0 Å². The zero-order valence-corrected chi connectivity index (χ0v) is 21.1. The number of nitrogens with one attached hydrogen (secondary N) is 1. The van der Waals surface area contributed by atoms with E-state index in [2.05, 4.69) is 20.3 Å². The van der Waals surface area contributed by atoms with Crippen LogP contribution in [-0.2, 0) is 0 Å². The number of azo groups is 1. The SMILES string of the molecule is COc1ccc(-c2csc(-n3[nH]c(-c4ccc([N+](=O)[O-])cc4)c(N=Nc4ccc(C(N)=O)cc4)c3=O)n2)cc1. The van der Waals surface area contributed by atoms with E-state index < -0.39 is 16.4 Å². The Kier molecular flexibility index (Phi) is 6.80. The van der Waals surface area contributed by atoms with E-state index in [0.29, 0.717) is 39.1 Å². The normalized spacial score (nSPS) is 11.1. The van der Waals surface area contributed by atoms with Crippen molar-refractivity contribution >= 4 is 34.3 Å². The Morgan fingerprint density at radius 2 is 1.69 bits per heavy atom. The molecule has 194 valence electrons. The van der Waals surface area contributed by atoms with Crippen LogP contribution >= 0.6 is 11.3 Å². The Labute approximate surface area is 224 Å². The molecule has 0 unspecified atom stereocenters. The lowest BCUT2D eigenvalue weighted by Gasteiger charge is -2.01. The largest absolute Gasteiger partial charge is 0.497 e. The molecule has 0 saturated heterocycles. The first-order chi connectivity index (χ1) is 18.8. The molecule has 0 saturated carbocycles. The summed E-state index contributed by atoms with van der Waals surface area (Å²) in [5.41, 5.74) is 7.62. The number of thiazole rings is 1. The monoisotopic (exact) mass is 541 g/mol. The molecule has 0 fully saturated rings. The van der Waals surface area contributed by atoms with Crippen molar-refractivity contribution in [1.29, 1.82) is 0 Å². The first-order valence-corrected chi connectivity index (χ1v) is 12.2. The summed E-state index contributed by atoms with van der Waals surface area (Å²) in [5, 5.41) is 24.6. The maximum absolute atomic E-state index is 13.5. The average molecular weight is 542 g/mol. The number of hydrogen-bond donors (Lipinski definition) is 2. The zero-order chi connectivity index (χ0) is 27.5. The Bertz CT molecular complexity index is 1750. The third-order valence-electron chi connectivity index (χ3n) is 5.72. The molecule has 5 rings (SSSR count). The van der Waals surface area contributed by atoms with Gasteiger partial charge in [0, 0.05) is 34.2 Å². The van der Waals surface area contributed by atoms with Crippen molar-refractivity contribution in [3.63, 3.8) is 0 Å². The van der Waals surface area contributed by atoms with Crippen molar-refractivity contribution in [2.45, 2.75) is 0 Å². The molecular weight excluding hydrogens is 522 g/mol. The summed E-state index contributed by atoms with van der Waals surface area (Å²) < 4.78 is 6.45. The van der Waals surface area contributed by atoms with Crippen molar-refractivity contribution < 1.29 is 14.5 Å². The van der Waals surface area contributed by atoms with Crippen molar-refractivity contribution in [2.75, 3.05) is 7.11 Å². The minimum absolute atomic E-state index is 0.0240. The number of carbonyl (C=O) groups is 1. The molecule has 0 spiro atoms. The molecular formula is C26H19N7O5S.